The lowest BCUT2D eigenvalue weighted by atomic mass is 10.0. The first kappa shape index (κ1) is 10.6. The molecule has 0 aromatic carbocycles. The summed E-state index contributed by atoms with van der Waals surface area (Å²) in [4.78, 5) is 0. The van der Waals surface area contributed by atoms with Crippen molar-refractivity contribution in [1.29, 1.82) is 0 Å². The summed E-state index contributed by atoms with van der Waals surface area (Å²) in [5.41, 5.74) is 8.17. The molecule has 0 saturated carbocycles. The molecule has 0 radical (unpaired) electrons. The van der Waals surface area contributed by atoms with E-state index in [1.54, 1.807) is 0 Å². The lowest BCUT2D eigenvalue weighted by Crippen LogP contribution is -2.21. The van der Waals surface area contributed by atoms with E-state index in [1.165, 1.54) is 0 Å². The maximum Gasteiger partial charge on any atom is 0.0679 e. The van der Waals surface area contributed by atoms with Crippen LogP contribution in [0.15, 0.2) is 6.07 Å². The molecule has 0 bridgehead atoms. The van der Waals surface area contributed by atoms with Crippen molar-refractivity contribution in [2.24, 2.45) is 5.73 Å². The number of hydrogen-bond acceptors (Lipinski definition) is 3. The molecule has 1 aromatic heterocycles. The minimum Gasteiger partial charge on any atom is -0.381 e. The summed E-state index contributed by atoms with van der Waals surface area (Å²) < 4.78 is 5.34. The van der Waals surface area contributed by atoms with Gasteiger partial charge in [-0.05, 0) is 18.9 Å². The second kappa shape index (κ2) is 4.77. The lowest BCUT2D eigenvalue weighted by Gasteiger charge is -2.05. The molecule has 1 saturated heterocycles. The standard InChI is InChI=1S/C11H19N3O/c1-2-9(12)5-10-6-11(14-13-10)8-3-4-15-7-8/h6,8-9H,2-5,7,12H2,1H3,(H,13,14). The van der Waals surface area contributed by atoms with Gasteiger partial charge in [0, 0.05) is 30.7 Å². The van der Waals surface area contributed by atoms with Crippen molar-refractivity contribution in [3.8, 4) is 0 Å². The van der Waals surface area contributed by atoms with Crippen LogP contribution < -0.4 is 5.73 Å². The number of nitrogens with zero attached hydrogens (tertiary/aromatic N) is 1. The van der Waals surface area contributed by atoms with E-state index >= 15 is 0 Å². The highest BCUT2D eigenvalue weighted by atomic mass is 16.5. The molecule has 2 unspecified atom stereocenters. The van der Waals surface area contributed by atoms with Crippen LogP contribution >= 0.6 is 0 Å². The first-order valence-electron chi connectivity index (χ1n) is 5.67. The Hall–Kier alpha value is -0.870. The van der Waals surface area contributed by atoms with Crippen LogP contribution in [0.2, 0.25) is 0 Å². The third kappa shape index (κ3) is 2.58. The summed E-state index contributed by atoms with van der Waals surface area (Å²) in [6.07, 6.45) is 2.97. The van der Waals surface area contributed by atoms with Gasteiger partial charge in [0.2, 0.25) is 0 Å². The predicted molar refractivity (Wildman–Crippen MR) is 58.7 cm³/mol. The van der Waals surface area contributed by atoms with Gasteiger partial charge in [-0.25, -0.2) is 0 Å². The van der Waals surface area contributed by atoms with Gasteiger partial charge in [0.05, 0.1) is 12.3 Å². The first-order chi connectivity index (χ1) is 7.29. The van der Waals surface area contributed by atoms with Crippen LogP contribution in [0.1, 0.15) is 37.1 Å². The van der Waals surface area contributed by atoms with Gasteiger partial charge in [-0.15, -0.1) is 0 Å². The number of nitrogens with two attached hydrogens (primary N) is 1. The number of rotatable bonds is 4. The van der Waals surface area contributed by atoms with E-state index in [1.807, 2.05) is 0 Å². The van der Waals surface area contributed by atoms with Crippen molar-refractivity contribution < 1.29 is 4.74 Å². The average Bonchev–Trinajstić information content (AvgIpc) is 2.85. The smallest absolute Gasteiger partial charge is 0.0679 e. The molecule has 3 N–H and O–H groups in total. The van der Waals surface area contributed by atoms with E-state index in [0.29, 0.717) is 5.92 Å². The van der Waals surface area contributed by atoms with Crippen LogP contribution in [-0.2, 0) is 11.2 Å². The van der Waals surface area contributed by atoms with E-state index in [2.05, 4.69) is 23.2 Å². The topological polar surface area (TPSA) is 63.9 Å². The molecular formula is C11H19N3O. The quantitative estimate of drug-likeness (QED) is 0.783. The molecule has 15 heavy (non-hydrogen) atoms. The highest BCUT2D eigenvalue weighted by Gasteiger charge is 2.20. The molecule has 4 nitrogen and oxygen atoms in total. The Balaban J connectivity index is 1.97. The van der Waals surface area contributed by atoms with Gasteiger partial charge in [-0.2, -0.15) is 5.10 Å². The van der Waals surface area contributed by atoms with Crippen molar-refractivity contribution >= 4 is 0 Å². The van der Waals surface area contributed by atoms with E-state index in [0.717, 1.165) is 43.9 Å². The van der Waals surface area contributed by atoms with Crippen LogP contribution in [0.5, 0.6) is 0 Å². The predicted octanol–water partition coefficient (Wildman–Crippen LogP) is 1.19. The average molecular weight is 209 g/mol. The summed E-state index contributed by atoms with van der Waals surface area (Å²) in [5, 5.41) is 7.39. The molecule has 1 aliphatic heterocycles. The molecule has 1 fully saturated rings. The van der Waals surface area contributed by atoms with Gasteiger partial charge < -0.3 is 10.5 Å². The van der Waals surface area contributed by atoms with Gasteiger partial charge in [0.1, 0.15) is 0 Å². The minimum atomic E-state index is 0.234. The number of hydrogen-bond donors (Lipinski definition) is 2. The van der Waals surface area contributed by atoms with Crippen LogP contribution in [-0.4, -0.2) is 29.5 Å². The maximum atomic E-state index is 5.90. The lowest BCUT2D eigenvalue weighted by molar-refractivity contribution is 0.193. The van der Waals surface area contributed by atoms with Crippen molar-refractivity contribution in [2.45, 2.75) is 38.1 Å². The van der Waals surface area contributed by atoms with Gasteiger partial charge >= 0.3 is 0 Å². The third-order valence-corrected chi connectivity index (χ3v) is 3.01. The van der Waals surface area contributed by atoms with Crippen LogP contribution in [0.3, 0.4) is 0 Å². The Bertz CT molecular complexity index is 305. The zero-order valence-corrected chi connectivity index (χ0v) is 9.20. The molecule has 2 atom stereocenters. The largest absolute Gasteiger partial charge is 0.381 e. The second-order valence-electron chi connectivity index (χ2n) is 4.25. The fourth-order valence-corrected chi connectivity index (χ4v) is 1.89. The van der Waals surface area contributed by atoms with Gasteiger partial charge in [0.15, 0.2) is 0 Å². The van der Waals surface area contributed by atoms with Crippen molar-refractivity contribution in [3.05, 3.63) is 17.5 Å². The van der Waals surface area contributed by atoms with Crippen LogP contribution in [0.25, 0.3) is 0 Å². The second-order valence-corrected chi connectivity index (χ2v) is 4.25. The molecule has 2 heterocycles. The van der Waals surface area contributed by atoms with E-state index in [4.69, 9.17) is 10.5 Å². The zero-order chi connectivity index (χ0) is 10.7. The number of aromatic amines is 1. The summed E-state index contributed by atoms with van der Waals surface area (Å²) in [5.74, 6) is 0.479. The number of nitrogens with one attached hydrogen (secondary N) is 1. The minimum absolute atomic E-state index is 0.234. The van der Waals surface area contributed by atoms with Crippen molar-refractivity contribution in [1.82, 2.24) is 10.2 Å². The summed E-state index contributed by atoms with van der Waals surface area (Å²) >= 11 is 0. The van der Waals surface area contributed by atoms with Crippen molar-refractivity contribution in [2.75, 3.05) is 13.2 Å². The first-order valence-corrected chi connectivity index (χ1v) is 5.67. The van der Waals surface area contributed by atoms with Crippen LogP contribution in [0, 0.1) is 0 Å². The normalized spacial score (nSPS) is 23.2. The monoisotopic (exact) mass is 209 g/mol. The fourth-order valence-electron chi connectivity index (χ4n) is 1.89. The Morgan fingerprint density at radius 1 is 1.73 bits per heavy atom. The summed E-state index contributed by atoms with van der Waals surface area (Å²) in [6.45, 7) is 3.78. The van der Waals surface area contributed by atoms with E-state index in [-0.39, 0.29) is 6.04 Å². The van der Waals surface area contributed by atoms with E-state index < -0.39 is 0 Å². The molecule has 0 spiro atoms. The molecular weight excluding hydrogens is 190 g/mol. The Morgan fingerprint density at radius 2 is 2.60 bits per heavy atom. The molecule has 1 aromatic rings. The molecule has 0 amide bonds. The summed E-state index contributed by atoms with van der Waals surface area (Å²) in [6, 6.07) is 2.37. The van der Waals surface area contributed by atoms with Gasteiger partial charge in [-0.3, -0.25) is 5.10 Å². The van der Waals surface area contributed by atoms with Gasteiger partial charge in [-0.1, -0.05) is 6.92 Å². The summed E-state index contributed by atoms with van der Waals surface area (Å²) in [7, 11) is 0. The highest BCUT2D eigenvalue weighted by molar-refractivity contribution is 5.15. The molecule has 2 rings (SSSR count). The SMILES string of the molecule is CCC(N)Cc1cc(C2CCOC2)n[nH]1. The maximum absolute atomic E-state index is 5.90. The number of aromatic nitrogens is 2. The van der Waals surface area contributed by atoms with Crippen LogP contribution in [0.4, 0.5) is 0 Å². The Kier molecular flexibility index (Phi) is 3.38. The molecule has 4 heteroatoms. The Labute approximate surface area is 90.2 Å². The number of H-pyrrole nitrogens is 1. The van der Waals surface area contributed by atoms with Gasteiger partial charge in [0.25, 0.3) is 0 Å². The van der Waals surface area contributed by atoms with E-state index in [9.17, 15) is 0 Å². The third-order valence-electron chi connectivity index (χ3n) is 3.01. The Morgan fingerprint density at radius 3 is 3.27 bits per heavy atom. The highest BCUT2D eigenvalue weighted by Crippen LogP contribution is 2.23. The molecule has 1 aliphatic rings. The fraction of sp³-hybridized carbons (Fsp3) is 0.727. The number of ether oxygens (including phenoxy) is 1. The molecule has 84 valence electrons. The molecule has 0 aliphatic carbocycles. The zero-order valence-electron chi connectivity index (χ0n) is 9.20. The van der Waals surface area contributed by atoms with Crippen molar-refractivity contribution in [3.63, 3.8) is 0 Å².